The Balaban J connectivity index is 2.06. The van der Waals surface area contributed by atoms with Gasteiger partial charge in [-0.25, -0.2) is 9.37 Å². The van der Waals surface area contributed by atoms with E-state index in [9.17, 15) is 4.39 Å². The molecule has 0 atom stereocenters. The molecule has 1 aromatic heterocycles. The van der Waals surface area contributed by atoms with Crippen molar-refractivity contribution < 1.29 is 9.13 Å². The first-order chi connectivity index (χ1) is 8.29. The highest BCUT2D eigenvalue weighted by Gasteiger charge is 2.26. The fraction of sp³-hybridized carbons (Fsp3) is 0.308. The fourth-order valence-electron chi connectivity index (χ4n) is 1.97. The lowest BCUT2D eigenvalue weighted by molar-refractivity contribution is 0.413. The van der Waals surface area contributed by atoms with Gasteiger partial charge in [0.15, 0.2) is 0 Å². The Morgan fingerprint density at radius 2 is 2.24 bits per heavy atom. The van der Waals surface area contributed by atoms with Crippen LogP contribution < -0.4 is 4.74 Å². The lowest BCUT2D eigenvalue weighted by Crippen LogP contribution is -1.93. The summed E-state index contributed by atoms with van der Waals surface area (Å²) in [6.45, 7) is 0. The number of hydrogen-bond acceptors (Lipinski definition) is 2. The Bertz CT molecular complexity index is 546. The minimum Gasteiger partial charge on any atom is -0.496 e. The molecule has 0 radical (unpaired) electrons. The zero-order valence-electron chi connectivity index (χ0n) is 9.53. The zero-order valence-corrected chi connectivity index (χ0v) is 9.53. The van der Waals surface area contributed by atoms with Crippen LogP contribution in [0.3, 0.4) is 0 Å². The van der Waals surface area contributed by atoms with Gasteiger partial charge in [0.2, 0.25) is 0 Å². The number of rotatable bonds is 3. The van der Waals surface area contributed by atoms with Gasteiger partial charge in [0.05, 0.1) is 12.7 Å². The van der Waals surface area contributed by atoms with Gasteiger partial charge in [0, 0.05) is 17.8 Å². The molecule has 0 saturated heterocycles. The number of halogens is 1. The third kappa shape index (κ3) is 1.79. The predicted molar refractivity (Wildman–Crippen MR) is 62.5 cm³/mol. The second-order valence-electron chi connectivity index (χ2n) is 4.28. The molecule has 3 nitrogen and oxygen atoms in total. The maximum atomic E-state index is 13.8. The molecule has 0 unspecified atom stereocenters. The molecule has 17 heavy (non-hydrogen) atoms. The number of H-pyrrole nitrogens is 1. The van der Waals surface area contributed by atoms with Gasteiger partial charge in [0.25, 0.3) is 0 Å². The van der Waals surface area contributed by atoms with Gasteiger partial charge in [-0.05, 0) is 25.0 Å². The minimum absolute atomic E-state index is 0.318. The summed E-state index contributed by atoms with van der Waals surface area (Å²) in [5, 5.41) is 0. The molecule has 1 saturated carbocycles. The van der Waals surface area contributed by atoms with Crippen molar-refractivity contribution in [2.24, 2.45) is 0 Å². The molecular weight excluding hydrogens is 219 g/mol. The number of benzene rings is 1. The van der Waals surface area contributed by atoms with Crippen LogP contribution in [0.15, 0.2) is 24.4 Å². The quantitative estimate of drug-likeness (QED) is 0.883. The summed E-state index contributed by atoms with van der Waals surface area (Å²) in [4.78, 5) is 7.42. The topological polar surface area (TPSA) is 37.9 Å². The molecule has 1 heterocycles. The maximum absolute atomic E-state index is 13.8. The van der Waals surface area contributed by atoms with Gasteiger partial charge in [0.1, 0.15) is 17.4 Å². The normalized spacial score (nSPS) is 14.9. The summed E-state index contributed by atoms with van der Waals surface area (Å²) >= 11 is 0. The first-order valence-electron chi connectivity index (χ1n) is 5.67. The van der Waals surface area contributed by atoms with Gasteiger partial charge in [-0.15, -0.1) is 0 Å². The summed E-state index contributed by atoms with van der Waals surface area (Å²) in [6, 6.07) is 4.78. The Kier molecular flexibility index (Phi) is 2.35. The molecule has 2 aromatic rings. The predicted octanol–water partition coefficient (Wildman–Crippen LogP) is 3.10. The number of hydrogen-bond donors (Lipinski definition) is 1. The lowest BCUT2D eigenvalue weighted by Gasteiger charge is -2.06. The van der Waals surface area contributed by atoms with Gasteiger partial charge >= 0.3 is 0 Å². The third-order valence-corrected chi connectivity index (χ3v) is 3.04. The van der Waals surface area contributed by atoms with E-state index in [2.05, 4.69) is 9.97 Å². The number of methoxy groups -OCH3 is 1. The zero-order chi connectivity index (χ0) is 11.8. The van der Waals surface area contributed by atoms with E-state index in [1.165, 1.54) is 26.0 Å². The number of aromatic amines is 1. The van der Waals surface area contributed by atoms with Crippen LogP contribution in [0.2, 0.25) is 0 Å². The van der Waals surface area contributed by atoms with Crippen molar-refractivity contribution in [3.8, 4) is 17.1 Å². The van der Waals surface area contributed by atoms with Crippen LogP contribution in [-0.2, 0) is 0 Å². The molecule has 88 valence electrons. The summed E-state index contributed by atoms with van der Waals surface area (Å²) < 4.78 is 19.0. The van der Waals surface area contributed by atoms with Crippen molar-refractivity contribution in [1.29, 1.82) is 0 Å². The molecule has 4 heteroatoms. The number of imidazole rings is 1. The van der Waals surface area contributed by atoms with E-state index in [4.69, 9.17) is 4.74 Å². The van der Waals surface area contributed by atoms with Crippen molar-refractivity contribution in [2.45, 2.75) is 18.8 Å². The number of ether oxygens (including phenoxy) is 1. The van der Waals surface area contributed by atoms with Crippen molar-refractivity contribution in [3.63, 3.8) is 0 Å². The van der Waals surface area contributed by atoms with E-state index >= 15 is 0 Å². The molecule has 1 aliphatic rings. The smallest absolute Gasteiger partial charge is 0.144 e. The van der Waals surface area contributed by atoms with Crippen molar-refractivity contribution >= 4 is 0 Å². The molecular formula is C13H13FN2O. The molecule has 0 spiro atoms. The standard InChI is InChI=1S/C13H13FN2O/c1-17-11-4-2-3-9(14)12(11)13-15-7-10(16-13)8-5-6-8/h2-4,7-8H,5-6H2,1H3,(H,15,16). The van der Waals surface area contributed by atoms with E-state index in [1.807, 2.05) is 0 Å². The van der Waals surface area contributed by atoms with Gasteiger partial charge in [-0.3, -0.25) is 0 Å². The van der Waals surface area contributed by atoms with Crippen LogP contribution in [0.4, 0.5) is 4.39 Å². The minimum atomic E-state index is -0.318. The Morgan fingerprint density at radius 3 is 2.94 bits per heavy atom. The van der Waals surface area contributed by atoms with E-state index in [0.29, 0.717) is 23.1 Å². The van der Waals surface area contributed by atoms with Gasteiger partial charge in [-0.2, -0.15) is 0 Å². The van der Waals surface area contributed by atoms with E-state index in [1.54, 1.807) is 18.3 Å². The average Bonchev–Trinajstić information content (AvgIpc) is 3.08. The first-order valence-corrected chi connectivity index (χ1v) is 5.67. The van der Waals surface area contributed by atoms with E-state index in [0.717, 1.165) is 5.69 Å². The summed E-state index contributed by atoms with van der Waals surface area (Å²) in [5.74, 6) is 1.30. The molecule has 1 fully saturated rings. The molecule has 0 bridgehead atoms. The highest BCUT2D eigenvalue weighted by Crippen LogP contribution is 2.40. The molecule has 0 amide bonds. The molecule has 0 aliphatic heterocycles. The third-order valence-electron chi connectivity index (χ3n) is 3.04. The van der Waals surface area contributed by atoms with Gasteiger partial charge < -0.3 is 9.72 Å². The average molecular weight is 232 g/mol. The SMILES string of the molecule is COc1cccc(F)c1-c1ncc(C2CC2)[nH]1. The van der Waals surface area contributed by atoms with Crippen molar-refractivity contribution in [2.75, 3.05) is 7.11 Å². The first kappa shape index (κ1) is 10.3. The molecule has 3 rings (SSSR count). The van der Waals surface area contributed by atoms with Crippen LogP contribution in [0.1, 0.15) is 24.5 Å². The second-order valence-corrected chi connectivity index (χ2v) is 4.28. The Morgan fingerprint density at radius 1 is 1.41 bits per heavy atom. The molecule has 1 aromatic carbocycles. The maximum Gasteiger partial charge on any atom is 0.144 e. The van der Waals surface area contributed by atoms with Crippen molar-refractivity contribution in [3.05, 3.63) is 35.9 Å². The number of nitrogens with zero attached hydrogens (tertiary/aromatic N) is 1. The van der Waals surface area contributed by atoms with Crippen molar-refractivity contribution in [1.82, 2.24) is 9.97 Å². The Labute approximate surface area is 98.7 Å². The number of nitrogens with one attached hydrogen (secondary N) is 1. The van der Waals surface area contributed by atoms with Crippen LogP contribution >= 0.6 is 0 Å². The van der Waals surface area contributed by atoms with E-state index < -0.39 is 0 Å². The van der Waals surface area contributed by atoms with E-state index in [-0.39, 0.29) is 5.82 Å². The fourth-order valence-corrected chi connectivity index (χ4v) is 1.97. The lowest BCUT2D eigenvalue weighted by atomic mass is 10.2. The summed E-state index contributed by atoms with van der Waals surface area (Å²) in [7, 11) is 1.53. The summed E-state index contributed by atoms with van der Waals surface area (Å²) in [6.07, 6.45) is 4.17. The van der Waals surface area contributed by atoms with Gasteiger partial charge in [-0.1, -0.05) is 6.07 Å². The Hall–Kier alpha value is -1.84. The largest absolute Gasteiger partial charge is 0.496 e. The van der Waals surface area contributed by atoms with Crippen LogP contribution in [0.25, 0.3) is 11.4 Å². The molecule has 1 aliphatic carbocycles. The second kappa shape index (κ2) is 3.87. The van der Waals surface area contributed by atoms with Crippen LogP contribution in [0, 0.1) is 5.82 Å². The number of aromatic nitrogens is 2. The molecule has 1 N–H and O–H groups in total. The van der Waals surface area contributed by atoms with Crippen LogP contribution in [-0.4, -0.2) is 17.1 Å². The highest BCUT2D eigenvalue weighted by molar-refractivity contribution is 5.65. The summed E-state index contributed by atoms with van der Waals surface area (Å²) in [5.41, 5.74) is 1.49. The van der Waals surface area contributed by atoms with Crippen LogP contribution in [0.5, 0.6) is 5.75 Å². The monoisotopic (exact) mass is 232 g/mol. The highest BCUT2D eigenvalue weighted by atomic mass is 19.1.